The van der Waals surface area contributed by atoms with Crippen LogP contribution in [0.25, 0.3) is 11.3 Å². The van der Waals surface area contributed by atoms with Crippen LogP contribution in [0.1, 0.15) is 28.6 Å². The number of carbonyl (C=O) groups is 1. The number of nitrogens with one attached hydrogen (secondary N) is 1. The number of aromatic nitrogens is 1. The van der Waals surface area contributed by atoms with Crippen molar-refractivity contribution in [3.8, 4) is 11.3 Å². The summed E-state index contributed by atoms with van der Waals surface area (Å²) in [6, 6.07) is 12.2. The molecule has 0 bridgehead atoms. The summed E-state index contributed by atoms with van der Waals surface area (Å²) in [6.07, 6.45) is 1.80. The molecule has 0 aliphatic rings. The molecule has 0 saturated heterocycles. The molecule has 26 heavy (non-hydrogen) atoms. The number of carbonyl (C=O) groups excluding carboxylic acids is 1. The second-order valence-electron chi connectivity index (χ2n) is 5.60. The van der Waals surface area contributed by atoms with Crippen LogP contribution in [0, 0.1) is 0 Å². The van der Waals surface area contributed by atoms with Gasteiger partial charge in [0.2, 0.25) is 0 Å². The van der Waals surface area contributed by atoms with Gasteiger partial charge in [-0.15, -0.1) is 11.3 Å². The number of benzene rings is 2. The average Bonchev–Trinajstić information content (AvgIpc) is 2.97. The van der Waals surface area contributed by atoms with Gasteiger partial charge in [-0.25, -0.2) is 4.98 Å². The number of hydrogen-bond acceptors (Lipinski definition) is 3. The number of aryl methyl sites for hydroxylation is 1. The highest BCUT2D eigenvalue weighted by molar-refractivity contribution is 7.16. The maximum absolute atomic E-state index is 12.5. The van der Waals surface area contributed by atoms with Gasteiger partial charge in [-0.3, -0.25) is 10.1 Å². The molecule has 134 valence electrons. The first-order valence-corrected chi connectivity index (χ1v) is 9.95. The number of anilines is 1. The molecule has 1 amide bonds. The maximum atomic E-state index is 12.5. The van der Waals surface area contributed by atoms with Crippen LogP contribution in [-0.2, 0) is 6.42 Å². The molecule has 7 heteroatoms. The highest BCUT2D eigenvalue weighted by atomic mass is 35.5. The molecule has 0 spiro atoms. The number of amides is 1. The largest absolute Gasteiger partial charge is 0.298 e. The second kappa shape index (κ2) is 8.40. The highest BCUT2D eigenvalue weighted by Gasteiger charge is 2.18. The fourth-order valence-corrected chi connectivity index (χ4v) is 4.30. The molecule has 3 nitrogen and oxygen atoms in total. The Hall–Kier alpha value is -1.59. The van der Waals surface area contributed by atoms with E-state index in [-0.39, 0.29) is 5.91 Å². The van der Waals surface area contributed by atoms with Crippen molar-refractivity contribution >= 4 is 57.2 Å². The zero-order chi connectivity index (χ0) is 18.7. The molecule has 0 unspecified atom stereocenters. The van der Waals surface area contributed by atoms with E-state index in [1.54, 1.807) is 36.4 Å². The highest BCUT2D eigenvalue weighted by Crippen LogP contribution is 2.37. The summed E-state index contributed by atoms with van der Waals surface area (Å²) in [5.41, 5.74) is 1.98. The summed E-state index contributed by atoms with van der Waals surface area (Å²) in [7, 11) is 0. The molecule has 0 saturated carbocycles. The fraction of sp³-hybridized carbons (Fsp3) is 0.158. The number of rotatable bonds is 5. The van der Waals surface area contributed by atoms with E-state index in [1.807, 2.05) is 6.07 Å². The van der Waals surface area contributed by atoms with Crippen LogP contribution in [-0.4, -0.2) is 10.9 Å². The van der Waals surface area contributed by atoms with Crippen LogP contribution < -0.4 is 5.32 Å². The van der Waals surface area contributed by atoms with Gasteiger partial charge in [0, 0.05) is 15.5 Å². The number of thiazole rings is 1. The van der Waals surface area contributed by atoms with Gasteiger partial charge in [0.15, 0.2) is 5.13 Å². The predicted octanol–water partition coefficient (Wildman–Crippen LogP) is 6.98. The van der Waals surface area contributed by atoms with E-state index in [0.29, 0.717) is 25.8 Å². The Kier molecular flexibility index (Phi) is 6.20. The minimum Gasteiger partial charge on any atom is -0.298 e. The molecule has 1 aromatic heterocycles. The van der Waals surface area contributed by atoms with Crippen LogP contribution in [0.15, 0.2) is 42.5 Å². The molecule has 0 atom stereocenters. The van der Waals surface area contributed by atoms with Gasteiger partial charge in [0.25, 0.3) is 5.91 Å². The molecular formula is C19H15Cl3N2OS. The second-order valence-corrected chi connectivity index (χ2v) is 7.93. The van der Waals surface area contributed by atoms with Crippen LogP contribution in [0.3, 0.4) is 0 Å². The van der Waals surface area contributed by atoms with Gasteiger partial charge in [-0.1, -0.05) is 60.3 Å². The van der Waals surface area contributed by atoms with Gasteiger partial charge in [-0.2, -0.15) is 0 Å². The summed E-state index contributed by atoms with van der Waals surface area (Å²) in [5, 5.41) is 4.85. The quantitative estimate of drug-likeness (QED) is 0.479. The van der Waals surface area contributed by atoms with Crippen molar-refractivity contribution in [2.24, 2.45) is 0 Å². The number of hydrogen-bond donors (Lipinski definition) is 1. The van der Waals surface area contributed by atoms with E-state index < -0.39 is 0 Å². The van der Waals surface area contributed by atoms with E-state index in [9.17, 15) is 4.79 Å². The van der Waals surface area contributed by atoms with Crippen LogP contribution >= 0.6 is 46.1 Å². The zero-order valence-corrected chi connectivity index (χ0v) is 16.9. The van der Waals surface area contributed by atoms with Crippen molar-refractivity contribution in [3.05, 3.63) is 68.0 Å². The Morgan fingerprint density at radius 1 is 1.12 bits per heavy atom. The Morgan fingerprint density at radius 3 is 2.58 bits per heavy atom. The van der Waals surface area contributed by atoms with Gasteiger partial charge in [0.1, 0.15) is 0 Å². The van der Waals surface area contributed by atoms with Crippen molar-refractivity contribution in [2.45, 2.75) is 19.8 Å². The standard InChI is InChI=1S/C19H15Cl3N2OS/c1-2-5-16-17(12-9-8-11(20)10-15(12)22)23-19(26-16)24-18(25)13-6-3-4-7-14(13)21/h3-4,6-10H,2,5H2,1H3,(H,23,24,25). The average molecular weight is 426 g/mol. The molecule has 1 N–H and O–H groups in total. The SMILES string of the molecule is CCCc1sc(NC(=O)c2ccccc2Cl)nc1-c1ccc(Cl)cc1Cl. The van der Waals surface area contributed by atoms with E-state index in [0.717, 1.165) is 29.0 Å². The Morgan fingerprint density at radius 2 is 1.88 bits per heavy atom. The lowest BCUT2D eigenvalue weighted by Gasteiger charge is -2.04. The van der Waals surface area contributed by atoms with Gasteiger partial charge >= 0.3 is 0 Å². The minimum atomic E-state index is -0.291. The summed E-state index contributed by atoms with van der Waals surface area (Å²) in [4.78, 5) is 18.2. The number of halogens is 3. The van der Waals surface area contributed by atoms with Crippen molar-refractivity contribution in [2.75, 3.05) is 5.32 Å². The molecule has 0 radical (unpaired) electrons. The molecule has 0 fully saturated rings. The molecular weight excluding hydrogens is 411 g/mol. The number of nitrogens with zero attached hydrogens (tertiary/aromatic N) is 1. The normalized spacial score (nSPS) is 10.8. The van der Waals surface area contributed by atoms with Gasteiger partial charge < -0.3 is 0 Å². The minimum absolute atomic E-state index is 0.291. The van der Waals surface area contributed by atoms with E-state index in [4.69, 9.17) is 34.8 Å². The van der Waals surface area contributed by atoms with Gasteiger partial charge in [-0.05, 0) is 36.8 Å². The van der Waals surface area contributed by atoms with Crippen molar-refractivity contribution in [3.63, 3.8) is 0 Å². The topological polar surface area (TPSA) is 42.0 Å². The monoisotopic (exact) mass is 424 g/mol. The molecule has 1 heterocycles. The predicted molar refractivity (Wildman–Crippen MR) is 111 cm³/mol. The Bertz CT molecular complexity index is 956. The van der Waals surface area contributed by atoms with E-state index in [2.05, 4.69) is 17.2 Å². The lowest BCUT2D eigenvalue weighted by Crippen LogP contribution is -2.12. The third kappa shape index (κ3) is 4.21. The Balaban J connectivity index is 1.94. The van der Waals surface area contributed by atoms with Gasteiger partial charge in [0.05, 0.1) is 21.3 Å². The maximum Gasteiger partial charge on any atom is 0.258 e. The van der Waals surface area contributed by atoms with E-state index >= 15 is 0 Å². The summed E-state index contributed by atoms with van der Waals surface area (Å²) >= 11 is 19.9. The third-order valence-corrected chi connectivity index (χ3v) is 5.61. The molecule has 3 aromatic rings. The Labute approximate surface area is 170 Å². The van der Waals surface area contributed by atoms with Crippen molar-refractivity contribution in [1.29, 1.82) is 0 Å². The van der Waals surface area contributed by atoms with E-state index in [1.165, 1.54) is 11.3 Å². The first kappa shape index (κ1) is 19.2. The molecule has 3 rings (SSSR count). The lowest BCUT2D eigenvalue weighted by atomic mass is 10.1. The summed E-state index contributed by atoms with van der Waals surface area (Å²) < 4.78 is 0. The van der Waals surface area contributed by atoms with Crippen LogP contribution in [0.5, 0.6) is 0 Å². The van der Waals surface area contributed by atoms with Crippen LogP contribution in [0.4, 0.5) is 5.13 Å². The lowest BCUT2D eigenvalue weighted by molar-refractivity contribution is 0.102. The van der Waals surface area contributed by atoms with Crippen molar-refractivity contribution < 1.29 is 4.79 Å². The first-order valence-electron chi connectivity index (χ1n) is 8.00. The fourth-order valence-electron chi connectivity index (χ4n) is 2.50. The zero-order valence-electron chi connectivity index (χ0n) is 13.9. The van der Waals surface area contributed by atoms with Crippen LogP contribution in [0.2, 0.25) is 15.1 Å². The third-order valence-electron chi connectivity index (χ3n) is 3.70. The summed E-state index contributed by atoms with van der Waals surface area (Å²) in [5.74, 6) is -0.291. The molecule has 0 aliphatic carbocycles. The smallest absolute Gasteiger partial charge is 0.258 e. The first-order chi connectivity index (χ1) is 12.5. The molecule has 0 aliphatic heterocycles. The van der Waals surface area contributed by atoms with Crippen molar-refractivity contribution in [1.82, 2.24) is 4.98 Å². The summed E-state index contributed by atoms with van der Waals surface area (Å²) in [6.45, 7) is 2.09. The molecule has 2 aromatic carbocycles.